The molecule has 1 aromatic heterocycles. The molecule has 0 aliphatic carbocycles. The van der Waals surface area contributed by atoms with Gasteiger partial charge in [0.1, 0.15) is 0 Å². The lowest BCUT2D eigenvalue weighted by Crippen LogP contribution is -2.24. The molecule has 140 valence electrons. The number of nitrogens with one attached hydrogen (secondary N) is 1. The lowest BCUT2D eigenvalue weighted by Gasteiger charge is -2.09. The zero-order valence-electron chi connectivity index (χ0n) is 15.7. The number of rotatable bonds is 3. The summed E-state index contributed by atoms with van der Waals surface area (Å²) in [6, 6.07) is 13.8. The molecule has 7 heteroatoms. The minimum atomic E-state index is -0.373. The molecule has 1 aliphatic rings. The average molecular weight is 374 g/mol. The zero-order chi connectivity index (χ0) is 20.0. The number of amides is 3. The van der Waals surface area contributed by atoms with Crippen LogP contribution in [0.3, 0.4) is 0 Å². The van der Waals surface area contributed by atoms with Crippen molar-refractivity contribution in [3.8, 4) is 5.69 Å². The molecule has 1 aliphatic heterocycles. The molecule has 0 bridgehead atoms. The van der Waals surface area contributed by atoms with E-state index >= 15 is 0 Å². The van der Waals surface area contributed by atoms with Crippen molar-refractivity contribution in [1.82, 2.24) is 14.7 Å². The van der Waals surface area contributed by atoms with E-state index in [0.717, 1.165) is 22.0 Å². The highest BCUT2D eigenvalue weighted by atomic mass is 16.2. The van der Waals surface area contributed by atoms with Gasteiger partial charge in [0.2, 0.25) is 0 Å². The van der Waals surface area contributed by atoms with Crippen molar-refractivity contribution in [2.24, 2.45) is 0 Å². The number of benzene rings is 2. The summed E-state index contributed by atoms with van der Waals surface area (Å²) in [5.41, 5.74) is 4.21. The molecule has 0 unspecified atom stereocenters. The first kappa shape index (κ1) is 17.7. The smallest absolute Gasteiger partial charge is 0.261 e. The van der Waals surface area contributed by atoms with Gasteiger partial charge >= 0.3 is 0 Å². The molecule has 0 fully saturated rings. The average Bonchev–Trinajstić information content (AvgIpc) is 3.13. The number of nitrogens with zero attached hydrogens (tertiary/aromatic N) is 3. The third-order valence-corrected chi connectivity index (χ3v) is 4.71. The van der Waals surface area contributed by atoms with Gasteiger partial charge < -0.3 is 5.32 Å². The third kappa shape index (κ3) is 2.87. The van der Waals surface area contributed by atoms with E-state index in [1.54, 1.807) is 35.0 Å². The Hall–Kier alpha value is -3.74. The molecule has 0 saturated heterocycles. The summed E-state index contributed by atoms with van der Waals surface area (Å²) in [6.07, 6.45) is 0. The van der Waals surface area contributed by atoms with Gasteiger partial charge in [0.05, 0.1) is 22.5 Å². The standard InChI is InChI=1S/C21H18N4O3/c1-12-9-13(2)25(23-12)16-6-4-5-14(10-16)19(26)22-15-7-8-17-18(11-15)21(28)24(3)20(17)27/h4-11H,1-3H3,(H,22,26). The fourth-order valence-electron chi connectivity index (χ4n) is 3.31. The maximum absolute atomic E-state index is 12.7. The Balaban J connectivity index is 1.60. The second kappa shape index (κ2) is 6.45. The number of carbonyl (C=O) groups is 3. The summed E-state index contributed by atoms with van der Waals surface area (Å²) in [6.45, 7) is 3.87. The Morgan fingerprint density at radius 2 is 1.71 bits per heavy atom. The van der Waals surface area contributed by atoms with Gasteiger partial charge in [-0.3, -0.25) is 19.3 Å². The highest BCUT2D eigenvalue weighted by Crippen LogP contribution is 2.25. The molecule has 1 N–H and O–H groups in total. The van der Waals surface area contributed by atoms with Crippen LogP contribution in [-0.2, 0) is 0 Å². The minimum Gasteiger partial charge on any atom is -0.322 e. The summed E-state index contributed by atoms with van der Waals surface area (Å²) in [5.74, 6) is -1.02. The number of carbonyl (C=O) groups excluding carboxylic acids is 3. The number of aryl methyl sites for hydroxylation is 2. The lowest BCUT2D eigenvalue weighted by atomic mass is 10.1. The molecule has 3 aromatic rings. The molecule has 0 spiro atoms. The second-order valence-corrected chi connectivity index (χ2v) is 6.77. The monoisotopic (exact) mass is 374 g/mol. The molecule has 0 radical (unpaired) electrons. The van der Waals surface area contributed by atoms with E-state index in [9.17, 15) is 14.4 Å². The van der Waals surface area contributed by atoms with Crippen molar-refractivity contribution < 1.29 is 14.4 Å². The molecule has 2 aromatic carbocycles. The summed E-state index contributed by atoms with van der Waals surface area (Å²) < 4.78 is 1.78. The second-order valence-electron chi connectivity index (χ2n) is 6.77. The van der Waals surface area contributed by atoms with Crippen molar-refractivity contribution in [2.45, 2.75) is 13.8 Å². The van der Waals surface area contributed by atoms with E-state index in [1.807, 2.05) is 26.0 Å². The van der Waals surface area contributed by atoms with Crippen molar-refractivity contribution in [2.75, 3.05) is 12.4 Å². The molecule has 28 heavy (non-hydrogen) atoms. The first-order valence-electron chi connectivity index (χ1n) is 8.76. The predicted molar refractivity (Wildman–Crippen MR) is 104 cm³/mol. The first-order chi connectivity index (χ1) is 13.3. The molecule has 3 amide bonds. The van der Waals surface area contributed by atoms with Gasteiger partial charge in [0.25, 0.3) is 17.7 Å². The summed E-state index contributed by atoms with van der Waals surface area (Å²) in [7, 11) is 1.44. The Labute approximate surface area is 161 Å². The predicted octanol–water partition coefficient (Wildman–Crippen LogP) is 2.97. The van der Waals surface area contributed by atoms with Gasteiger partial charge in [-0.25, -0.2) is 4.68 Å². The van der Waals surface area contributed by atoms with Gasteiger partial charge in [-0.2, -0.15) is 5.10 Å². The molecular formula is C21H18N4O3. The van der Waals surface area contributed by atoms with Crippen LogP contribution in [-0.4, -0.2) is 39.4 Å². The number of aromatic nitrogens is 2. The molecule has 4 rings (SSSR count). The van der Waals surface area contributed by atoms with Crippen molar-refractivity contribution in [3.63, 3.8) is 0 Å². The molecule has 2 heterocycles. The van der Waals surface area contributed by atoms with Crippen molar-refractivity contribution in [1.29, 1.82) is 0 Å². The van der Waals surface area contributed by atoms with Crippen LogP contribution in [0.1, 0.15) is 42.5 Å². The molecule has 0 saturated carbocycles. The Morgan fingerprint density at radius 1 is 0.964 bits per heavy atom. The number of hydrogen-bond acceptors (Lipinski definition) is 4. The number of imide groups is 1. The van der Waals surface area contributed by atoms with E-state index in [2.05, 4.69) is 10.4 Å². The zero-order valence-corrected chi connectivity index (χ0v) is 15.7. The summed E-state index contributed by atoms with van der Waals surface area (Å²) in [4.78, 5) is 37.9. The number of anilines is 1. The Kier molecular flexibility index (Phi) is 4.07. The molecular weight excluding hydrogens is 356 g/mol. The highest BCUT2D eigenvalue weighted by molar-refractivity contribution is 6.21. The van der Waals surface area contributed by atoms with Crippen LogP contribution >= 0.6 is 0 Å². The van der Waals surface area contributed by atoms with Crippen LogP contribution in [0.4, 0.5) is 5.69 Å². The summed E-state index contributed by atoms with van der Waals surface area (Å²) >= 11 is 0. The first-order valence-corrected chi connectivity index (χ1v) is 8.76. The molecule has 7 nitrogen and oxygen atoms in total. The van der Waals surface area contributed by atoms with Crippen molar-refractivity contribution >= 4 is 23.4 Å². The highest BCUT2D eigenvalue weighted by Gasteiger charge is 2.32. The lowest BCUT2D eigenvalue weighted by molar-refractivity contribution is 0.0692. The summed E-state index contributed by atoms with van der Waals surface area (Å²) in [5, 5.41) is 7.22. The number of hydrogen-bond donors (Lipinski definition) is 1. The SMILES string of the molecule is Cc1cc(C)n(-c2cccc(C(=O)Nc3ccc4c(c3)C(=O)N(C)C4=O)c2)n1. The largest absolute Gasteiger partial charge is 0.322 e. The fourth-order valence-corrected chi connectivity index (χ4v) is 3.31. The maximum atomic E-state index is 12.7. The quantitative estimate of drug-likeness (QED) is 0.715. The maximum Gasteiger partial charge on any atom is 0.261 e. The van der Waals surface area contributed by atoms with Gasteiger partial charge in [-0.15, -0.1) is 0 Å². The number of fused-ring (bicyclic) bond motifs is 1. The minimum absolute atomic E-state index is 0.293. The van der Waals surface area contributed by atoms with E-state index in [0.29, 0.717) is 22.4 Å². The van der Waals surface area contributed by atoms with Gasteiger partial charge in [-0.05, 0) is 56.3 Å². The molecule has 0 atom stereocenters. The van der Waals surface area contributed by atoms with Crippen LogP contribution in [0.25, 0.3) is 5.69 Å². The topological polar surface area (TPSA) is 84.3 Å². The van der Waals surface area contributed by atoms with E-state index in [4.69, 9.17) is 0 Å². The van der Waals surface area contributed by atoms with Crippen LogP contribution in [0.5, 0.6) is 0 Å². The van der Waals surface area contributed by atoms with Crippen molar-refractivity contribution in [3.05, 3.63) is 76.6 Å². The van der Waals surface area contributed by atoms with Crippen LogP contribution < -0.4 is 5.32 Å². The van der Waals surface area contributed by atoms with E-state index < -0.39 is 0 Å². The van der Waals surface area contributed by atoms with Crippen LogP contribution in [0.2, 0.25) is 0 Å². The van der Waals surface area contributed by atoms with Gasteiger partial charge in [-0.1, -0.05) is 6.07 Å². The van der Waals surface area contributed by atoms with Crippen LogP contribution in [0.15, 0.2) is 48.5 Å². The Bertz CT molecular complexity index is 1150. The fraction of sp³-hybridized carbons (Fsp3) is 0.143. The van der Waals surface area contributed by atoms with Gasteiger partial charge in [0, 0.05) is 24.0 Å². The Morgan fingerprint density at radius 3 is 2.43 bits per heavy atom. The third-order valence-electron chi connectivity index (χ3n) is 4.71. The van der Waals surface area contributed by atoms with E-state index in [-0.39, 0.29) is 17.7 Å². The van der Waals surface area contributed by atoms with Gasteiger partial charge in [0.15, 0.2) is 0 Å². The van der Waals surface area contributed by atoms with E-state index in [1.165, 1.54) is 13.1 Å². The van der Waals surface area contributed by atoms with Crippen LogP contribution in [0, 0.1) is 13.8 Å². The normalized spacial score (nSPS) is 13.0.